The van der Waals surface area contributed by atoms with Crippen molar-refractivity contribution in [3.63, 3.8) is 0 Å². The minimum atomic E-state index is 0.0151. The van der Waals surface area contributed by atoms with Gasteiger partial charge in [0.2, 0.25) is 0 Å². The van der Waals surface area contributed by atoms with Gasteiger partial charge in [-0.05, 0) is 29.6 Å². The van der Waals surface area contributed by atoms with Gasteiger partial charge in [0.1, 0.15) is 22.2 Å². The SMILES string of the molecule is COc1ccc(OC)c(CN2CCN(C(=O)c3csc(-c4ccsc4)n3)CC2)c1. The number of hydrogen-bond acceptors (Lipinski definition) is 7. The van der Waals surface area contributed by atoms with Crippen molar-refractivity contribution >= 4 is 28.6 Å². The van der Waals surface area contributed by atoms with Gasteiger partial charge in [0, 0.05) is 54.6 Å². The molecule has 1 aliphatic rings. The number of methoxy groups -OCH3 is 2. The Balaban J connectivity index is 1.37. The van der Waals surface area contributed by atoms with Gasteiger partial charge in [0.05, 0.1) is 14.2 Å². The maximum absolute atomic E-state index is 12.8. The summed E-state index contributed by atoms with van der Waals surface area (Å²) in [5, 5.41) is 6.84. The van der Waals surface area contributed by atoms with Crippen molar-refractivity contribution in [1.82, 2.24) is 14.8 Å². The van der Waals surface area contributed by atoms with Crippen LogP contribution in [0.3, 0.4) is 0 Å². The number of amides is 1. The van der Waals surface area contributed by atoms with Gasteiger partial charge in [0.15, 0.2) is 0 Å². The highest BCUT2D eigenvalue weighted by Crippen LogP contribution is 2.27. The molecule has 1 saturated heterocycles. The molecule has 4 rings (SSSR count). The van der Waals surface area contributed by atoms with Gasteiger partial charge in [0.25, 0.3) is 5.91 Å². The fraction of sp³-hybridized carbons (Fsp3) is 0.333. The number of nitrogens with zero attached hydrogens (tertiary/aromatic N) is 3. The standard InChI is InChI=1S/C21H23N3O3S2/c1-26-17-3-4-19(27-2)16(11-17)12-23-6-8-24(9-7-23)21(25)18-14-29-20(22-18)15-5-10-28-13-15/h3-5,10-11,13-14H,6-9,12H2,1-2H3. The number of piperazine rings is 1. The molecule has 1 aromatic carbocycles. The van der Waals surface area contributed by atoms with Crippen molar-refractivity contribution in [2.24, 2.45) is 0 Å². The summed E-state index contributed by atoms with van der Waals surface area (Å²) in [6, 6.07) is 7.87. The maximum atomic E-state index is 12.8. The van der Waals surface area contributed by atoms with Gasteiger partial charge in [-0.2, -0.15) is 11.3 Å². The van der Waals surface area contributed by atoms with Crippen LogP contribution in [-0.2, 0) is 6.54 Å². The monoisotopic (exact) mass is 429 g/mol. The molecule has 2 aromatic heterocycles. The Morgan fingerprint density at radius 1 is 1.10 bits per heavy atom. The number of aromatic nitrogens is 1. The fourth-order valence-corrected chi connectivity index (χ4v) is 4.91. The lowest BCUT2D eigenvalue weighted by atomic mass is 10.1. The molecular formula is C21H23N3O3S2. The second kappa shape index (κ2) is 8.94. The van der Waals surface area contributed by atoms with Crippen molar-refractivity contribution in [3.8, 4) is 22.1 Å². The Morgan fingerprint density at radius 3 is 2.62 bits per heavy atom. The smallest absolute Gasteiger partial charge is 0.273 e. The van der Waals surface area contributed by atoms with Crippen LogP contribution in [0.4, 0.5) is 0 Å². The van der Waals surface area contributed by atoms with Crippen LogP contribution < -0.4 is 9.47 Å². The molecule has 1 aliphatic heterocycles. The van der Waals surface area contributed by atoms with E-state index in [0.717, 1.165) is 47.3 Å². The number of ether oxygens (including phenoxy) is 2. The summed E-state index contributed by atoms with van der Waals surface area (Å²) < 4.78 is 10.8. The van der Waals surface area contributed by atoms with Crippen LogP contribution in [0.1, 0.15) is 16.1 Å². The average molecular weight is 430 g/mol. The Kier molecular flexibility index (Phi) is 6.13. The van der Waals surface area contributed by atoms with Crippen LogP contribution in [0.2, 0.25) is 0 Å². The van der Waals surface area contributed by atoms with Crippen molar-refractivity contribution in [2.45, 2.75) is 6.54 Å². The molecule has 0 radical (unpaired) electrons. The van der Waals surface area contributed by atoms with E-state index in [0.29, 0.717) is 18.8 Å². The molecule has 3 heterocycles. The van der Waals surface area contributed by atoms with Gasteiger partial charge in [-0.3, -0.25) is 9.69 Å². The molecule has 6 nitrogen and oxygen atoms in total. The second-order valence-electron chi connectivity index (χ2n) is 6.80. The van der Waals surface area contributed by atoms with Crippen molar-refractivity contribution in [2.75, 3.05) is 40.4 Å². The lowest BCUT2D eigenvalue weighted by Gasteiger charge is -2.34. The first-order chi connectivity index (χ1) is 14.2. The van der Waals surface area contributed by atoms with Gasteiger partial charge < -0.3 is 14.4 Å². The summed E-state index contributed by atoms with van der Waals surface area (Å²) in [5.74, 6) is 1.69. The van der Waals surface area contributed by atoms with Gasteiger partial charge >= 0.3 is 0 Å². The fourth-order valence-electron chi connectivity index (χ4n) is 3.41. The van der Waals surface area contributed by atoms with Crippen molar-refractivity contribution in [1.29, 1.82) is 0 Å². The molecule has 1 amide bonds. The van der Waals surface area contributed by atoms with Crippen molar-refractivity contribution in [3.05, 3.63) is 51.7 Å². The molecule has 0 N–H and O–H groups in total. The second-order valence-corrected chi connectivity index (χ2v) is 8.43. The predicted octanol–water partition coefficient (Wildman–Crippen LogP) is 3.85. The Morgan fingerprint density at radius 2 is 1.93 bits per heavy atom. The molecule has 0 atom stereocenters. The summed E-state index contributed by atoms with van der Waals surface area (Å²) in [7, 11) is 3.35. The van der Waals surface area contributed by atoms with E-state index in [2.05, 4.69) is 15.3 Å². The molecule has 152 valence electrons. The van der Waals surface area contributed by atoms with E-state index >= 15 is 0 Å². The highest BCUT2D eigenvalue weighted by Gasteiger charge is 2.24. The van der Waals surface area contributed by atoms with E-state index in [-0.39, 0.29) is 5.91 Å². The largest absolute Gasteiger partial charge is 0.497 e. The Labute approximate surface area is 178 Å². The van der Waals surface area contributed by atoms with E-state index in [1.54, 1.807) is 25.6 Å². The number of hydrogen-bond donors (Lipinski definition) is 0. The minimum absolute atomic E-state index is 0.0151. The highest BCUT2D eigenvalue weighted by molar-refractivity contribution is 7.14. The zero-order valence-corrected chi connectivity index (χ0v) is 18.1. The molecule has 29 heavy (non-hydrogen) atoms. The van der Waals surface area contributed by atoms with E-state index in [4.69, 9.17) is 9.47 Å². The molecule has 0 saturated carbocycles. The quantitative estimate of drug-likeness (QED) is 0.596. The summed E-state index contributed by atoms with van der Waals surface area (Å²) in [6.45, 7) is 3.77. The average Bonchev–Trinajstić information content (AvgIpc) is 3.45. The normalized spacial score (nSPS) is 14.8. The summed E-state index contributed by atoms with van der Waals surface area (Å²) >= 11 is 3.16. The molecule has 0 unspecified atom stereocenters. The summed E-state index contributed by atoms with van der Waals surface area (Å²) in [4.78, 5) is 21.6. The van der Waals surface area contributed by atoms with E-state index < -0.39 is 0 Å². The van der Waals surface area contributed by atoms with Gasteiger partial charge in [-0.25, -0.2) is 4.98 Å². The summed E-state index contributed by atoms with van der Waals surface area (Å²) in [6.07, 6.45) is 0. The Hall–Kier alpha value is -2.42. The predicted molar refractivity (Wildman–Crippen MR) is 116 cm³/mol. The van der Waals surface area contributed by atoms with Gasteiger partial charge in [-0.1, -0.05) is 0 Å². The Bertz CT molecular complexity index is 963. The topological polar surface area (TPSA) is 54.9 Å². The van der Waals surface area contributed by atoms with Gasteiger partial charge in [-0.15, -0.1) is 11.3 Å². The zero-order chi connectivity index (χ0) is 20.2. The van der Waals surface area contributed by atoms with Crippen LogP contribution in [0.25, 0.3) is 10.6 Å². The third kappa shape index (κ3) is 4.44. The van der Waals surface area contributed by atoms with Crippen LogP contribution >= 0.6 is 22.7 Å². The third-order valence-electron chi connectivity index (χ3n) is 5.03. The minimum Gasteiger partial charge on any atom is -0.497 e. The molecule has 1 fully saturated rings. The van der Waals surface area contributed by atoms with Crippen LogP contribution in [-0.4, -0.2) is 61.1 Å². The lowest BCUT2D eigenvalue weighted by Crippen LogP contribution is -2.48. The molecule has 8 heteroatoms. The number of rotatable bonds is 6. The lowest BCUT2D eigenvalue weighted by molar-refractivity contribution is 0.0622. The number of carbonyl (C=O) groups excluding carboxylic acids is 1. The molecule has 3 aromatic rings. The molecule has 0 bridgehead atoms. The summed E-state index contributed by atoms with van der Waals surface area (Å²) in [5.41, 5.74) is 2.71. The third-order valence-corrected chi connectivity index (χ3v) is 6.61. The van der Waals surface area contributed by atoms with Crippen LogP contribution in [0.15, 0.2) is 40.4 Å². The molecule has 0 spiro atoms. The van der Waals surface area contributed by atoms with Crippen LogP contribution in [0.5, 0.6) is 11.5 Å². The first-order valence-corrected chi connectivity index (χ1v) is 11.2. The zero-order valence-electron chi connectivity index (χ0n) is 16.5. The van der Waals surface area contributed by atoms with E-state index in [9.17, 15) is 4.79 Å². The number of benzene rings is 1. The first-order valence-electron chi connectivity index (χ1n) is 9.38. The first kappa shape index (κ1) is 19.9. The van der Waals surface area contributed by atoms with E-state index in [1.165, 1.54) is 11.3 Å². The maximum Gasteiger partial charge on any atom is 0.273 e. The number of thiazole rings is 1. The highest BCUT2D eigenvalue weighted by atomic mass is 32.1. The molecule has 0 aliphatic carbocycles. The van der Waals surface area contributed by atoms with Crippen LogP contribution in [0, 0.1) is 0 Å². The molecular weight excluding hydrogens is 406 g/mol. The van der Waals surface area contributed by atoms with Crippen molar-refractivity contribution < 1.29 is 14.3 Å². The number of carbonyl (C=O) groups is 1. The number of thiophene rings is 1. The van der Waals surface area contributed by atoms with E-state index in [1.807, 2.05) is 39.9 Å².